The van der Waals surface area contributed by atoms with Crippen LogP contribution in [0.1, 0.15) is 21.3 Å². The molecular weight excluding hydrogens is 413 g/mol. The Morgan fingerprint density at radius 1 is 1.24 bits per heavy atom. The number of carbonyl (C=O) groups excluding carboxylic acids is 2. The number of hydrogen-bond donors (Lipinski definition) is 3. The van der Waals surface area contributed by atoms with Crippen molar-refractivity contribution in [2.75, 3.05) is 14.2 Å². The Hall–Kier alpha value is -2.79. The molecule has 2 amide bonds. The summed E-state index contributed by atoms with van der Waals surface area (Å²) in [5.74, 6) is -2.72. The number of ketones is 1. The van der Waals surface area contributed by atoms with E-state index < -0.39 is 35.7 Å². The van der Waals surface area contributed by atoms with E-state index in [1.165, 1.54) is 55.2 Å². The van der Waals surface area contributed by atoms with Gasteiger partial charge < -0.3 is 25.2 Å². The average molecular weight is 430 g/mol. The lowest BCUT2D eigenvalue weighted by atomic mass is 9.78. The molecule has 0 radical (unpaired) electrons. The predicted octanol–water partition coefficient (Wildman–Crippen LogP) is 2.87. The Morgan fingerprint density at radius 3 is 2.52 bits per heavy atom. The number of urea groups is 1. The zero-order chi connectivity index (χ0) is 21.4. The molecule has 3 rings (SSSR count). The van der Waals surface area contributed by atoms with Crippen LogP contribution in [0.3, 0.4) is 0 Å². The summed E-state index contributed by atoms with van der Waals surface area (Å²) in [6.07, 6.45) is -5.33. The zero-order valence-electron chi connectivity index (χ0n) is 15.2. The highest BCUT2D eigenvalue weighted by atomic mass is 32.1. The predicted molar refractivity (Wildman–Crippen MR) is 97.1 cm³/mol. The summed E-state index contributed by atoms with van der Waals surface area (Å²) in [6, 6.07) is 4.31. The first kappa shape index (κ1) is 20.9. The molecule has 11 heteroatoms. The average Bonchev–Trinajstić information content (AvgIpc) is 3.20. The van der Waals surface area contributed by atoms with E-state index in [9.17, 15) is 27.9 Å². The van der Waals surface area contributed by atoms with Crippen molar-refractivity contribution in [3.63, 3.8) is 0 Å². The fourth-order valence-electron chi connectivity index (χ4n) is 3.25. The van der Waals surface area contributed by atoms with E-state index in [1.54, 1.807) is 0 Å². The fraction of sp³-hybridized carbons (Fsp3) is 0.333. The molecule has 1 saturated heterocycles. The number of thiophene rings is 1. The van der Waals surface area contributed by atoms with Crippen molar-refractivity contribution in [2.24, 2.45) is 5.92 Å². The SMILES string of the molecule is COc1ccc(OC)c([C@@H]2NC(=O)N[C@](O)(C(F)(F)F)[C@@H]2C(=O)c2cccs2)c1. The van der Waals surface area contributed by atoms with Crippen molar-refractivity contribution in [3.05, 3.63) is 46.2 Å². The summed E-state index contributed by atoms with van der Waals surface area (Å²) < 4.78 is 51.9. The molecule has 3 N–H and O–H groups in total. The standard InChI is InChI=1S/C18H17F3N2O5S/c1-27-9-5-6-11(28-2)10(8-9)14-13(15(24)12-4-3-7-29-12)17(26,18(19,20)21)23-16(25)22-14/h3-8,13-14,26H,1-2H3,(H2,22,23,25)/t13-,14-,17+/m0/s1. The molecule has 2 aromatic rings. The lowest BCUT2D eigenvalue weighted by Crippen LogP contribution is -2.72. The molecule has 156 valence electrons. The van der Waals surface area contributed by atoms with E-state index in [-0.39, 0.29) is 21.9 Å². The third kappa shape index (κ3) is 3.62. The van der Waals surface area contributed by atoms with Crippen molar-refractivity contribution < 1.29 is 37.3 Å². The number of benzene rings is 1. The van der Waals surface area contributed by atoms with Crippen LogP contribution in [0.4, 0.5) is 18.0 Å². The minimum Gasteiger partial charge on any atom is -0.497 e. The highest BCUT2D eigenvalue weighted by Crippen LogP contribution is 2.46. The van der Waals surface area contributed by atoms with Crippen LogP contribution in [0.15, 0.2) is 35.7 Å². The Bertz CT molecular complexity index is 919. The summed E-state index contributed by atoms with van der Waals surface area (Å²) in [6.45, 7) is 0. The lowest BCUT2D eigenvalue weighted by Gasteiger charge is -2.45. The maximum Gasteiger partial charge on any atom is 0.437 e. The molecule has 2 heterocycles. The van der Waals surface area contributed by atoms with Gasteiger partial charge in [0.2, 0.25) is 5.72 Å². The van der Waals surface area contributed by atoms with Crippen LogP contribution < -0.4 is 20.1 Å². The van der Waals surface area contributed by atoms with Crippen LogP contribution in [0.2, 0.25) is 0 Å². The molecule has 3 atom stereocenters. The number of aliphatic hydroxyl groups is 1. The number of carbonyl (C=O) groups is 2. The normalized spacial score (nSPS) is 24.4. The van der Waals surface area contributed by atoms with Gasteiger partial charge >= 0.3 is 12.2 Å². The molecule has 0 unspecified atom stereocenters. The summed E-state index contributed by atoms with van der Waals surface area (Å²) >= 11 is 0.927. The van der Waals surface area contributed by atoms with E-state index in [0.29, 0.717) is 0 Å². The van der Waals surface area contributed by atoms with Crippen LogP contribution in [0.5, 0.6) is 11.5 Å². The van der Waals surface area contributed by atoms with E-state index in [2.05, 4.69) is 5.32 Å². The number of Topliss-reactive ketones (excluding diaryl/α,β-unsaturated/α-hetero) is 1. The van der Waals surface area contributed by atoms with Gasteiger partial charge in [0.25, 0.3) is 0 Å². The third-order valence-corrected chi connectivity index (χ3v) is 5.51. The maximum absolute atomic E-state index is 13.9. The number of rotatable bonds is 5. The van der Waals surface area contributed by atoms with Gasteiger partial charge in [-0.1, -0.05) is 6.07 Å². The molecule has 1 aliphatic heterocycles. The molecule has 1 fully saturated rings. The number of nitrogens with one attached hydrogen (secondary N) is 2. The minimum atomic E-state index is -5.33. The molecule has 1 aromatic carbocycles. The second-order valence-electron chi connectivity index (χ2n) is 6.27. The number of methoxy groups -OCH3 is 2. The largest absolute Gasteiger partial charge is 0.497 e. The smallest absolute Gasteiger partial charge is 0.437 e. The summed E-state index contributed by atoms with van der Waals surface area (Å²) in [5.41, 5.74) is -3.74. The number of alkyl halides is 3. The highest BCUT2D eigenvalue weighted by molar-refractivity contribution is 7.12. The lowest BCUT2D eigenvalue weighted by molar-refractivity contribution is -0.287. The Kier molecular flexibility index (Phi) is 5.46. The number of amides is 2. The number of hydrogen-bond acceptors (Lipinski definition) is 6. The second-order valence-corrected chi connectivity index (χ2v) is 7.22. The van der Waals surface area contributed by atoms with Crippen LogP contribution in [-0.2, 0) is 0 Å². The summed E-state index contributed by atoms with van der Waals surface area (Å²) in [7, 11) is 2.65. The summed E-state index contributed by atoms with van der Waals surface area (Å²) in [4.78, 5) is 25.1. The second kappa shape index (κ2) is 7.56. The Balaban J connectivity index is 2.22. The molecule has 0 bridgehead atoms. The van der Waals surface area contributed by atoms with Gasteiger partial charge in [-0.3, -0.25) is 4.79 Å². The van der Waals surface area contributed by atoms with Crippen LogP contribution in [-0.4, -0.2) is 43.0 Å². The molecule has 1 aliphatic rings. The molecule has 0 saturated carbocycles. The Morgan fingerprint density at radius 2 is 1.97 bits per heavy atom. The van der Waals surface area contributed by atoms with Crippen LogP contribution in [0.25, 0.3) is 0 Å². The molecule has 7 nitrogen and oxygen atoms in total. The molecule has 29 heavy (non-hydrogen) atoms. The first-order valence-corrected chi connectivity index (χ1v) is 9.17. The van der Waals surface area contributed by atoms with E-state index >= 15 is 0 Å². The quantitative estimate of drug-likeness (QED) is 0.634. The van der Waals surface area contributed by atoms with E-state index in [0.717, 1.165) is 11.3 Å². The van der Waals surface area contributed by atoms with Crippen molar-refractivity contribution in [1.29, 1.82) is 0 Å². The highest BCUT2D eigenvalue weighted by Gasteiger charge is 2.66. The van der Waals surface area contributed by atoms with Crippen LogP contribution >= 0.6 is 11.3 Å². The molecule has 0 aliphatic carbocycles. The summed E-state index contributed by atoms with van der Waals surface area (Å²) in [5, 5.41) is 15.9. The van der Waals surface area contributed by atoms with Gasteiger partial charge in [-0.15, -0.1) is 11.3 Å². The van der Waals surface area contributed by atoms with Gasteiger partial charge in [0.1, 0.15) is 17.4 Å². The monoisotopic (exact) mass is 430 g/mol. The van der Waals surface area contributed by atoms with Gasteiger partial charge in [-0.25, -0.2) is 4.79 Å². The van der Waals surface area contributed by atoms with Gasteiger partial charge in [0.15, 0.2) is 5.78 Å². The van der Waals surface area contributed by atoms with Crippen molar-refractivity contribution >= 4 is 23.2 Å². The minimum absolute atomic E-state index is 0.00230. The maximum atomic E-state index is 13.9. The van der Waals surface area contributed by atoms with E-state index in [1.807, 2.05) is 0 Å². The molecule has 0 spiro atoms. The molecular formula is C18H17F3N2O5S. The zero-order valence-corrected chi connectivity index (χ0v) is 16.1. The van der Waals surface area contributed by atoms with Gasteiger partial charge in [0, 0.05) is 5.56 Å². The van der Waals surface area contributed by atoms with E-state index in [4.69, 9.17) is 9.47 Å². The van der Waals surface area contributed by atoms with Gasteiger partial charge in [-0.2, -0.15) is 13.2 Å². The third-order valence-electron chi connectivity index (χ3n) is 4.62. The van der Waals surface area contributed by atoms with Crippen molar-refractivity contribution in [1.82, 2.24) is 10.6 Å². The van der Waals surface area contributed by atoms with Crippen LogP contribution in [0, 0.1) is 5.92 Å². The van der Waals surface area contributed by atoms with Crippen molar-refractivity contribution in [2.45, 2.75) is 17.9 Å². The van der Waals surface area contributed by atoms with Gasteiger partial charge in [0.05, 0.1) is 25.1 Å². The Labute approximate surface area is 167 Å². The first-order chi connectivity index (χ1) is 13.6. The topological polar surface area (TPSA) is 96.9 Å². The molecule has 1 aromatic heterocycles. The fourth-order valence-corrected chi connectivity index (χ4v) is 3.96. The first-order valence-electron chi connectivity index (χ1n) is 8.29. The van der Waals surface area contributed by atoms with Crippen molar-refractivity contribution in [3.8, 4) is 11.5 Å². The number of ether oxygens (including phenoxy) is 2. The number of halogens is 3. The van der Waals surface area contributed by atoms with Gasteiger partial charge in [-0.05, 0) is 29.6 Å².